The molecule has 8 nitrogen and oxygen atoms in total. The number of halogens is 2. The SMILES string of the molecule is N#Cc1c[nH]c2ncnc(N3CC[C@](N)(CNC(=O)c4cccc(F)c4F)C3)c12. The summed E-state index contributed by atoms with van der Waals surface area (Å²) in [5.74, 6) is -2.42. The molecule has 0 saturated carbocycles. The van der Waals surface area contributed by atoms with E-state index in [-0.39, 0.29) is 12.1 Å². The quantitative estimate of drug-likeness (QED) is 0.612. The van der Waals surface area contributed by atoms with Crippen molar-refractivity contribution in [1.29, 1.82) is 5.26 Å². The minimum atomic E-state index is -1.19. The standard InChI is InChI=1S/C19H17F2N7O/c20-13-3-1-2-12(15(13)21)18(29)25-8-19(23)4-5-28(9-19)17-14-11(6-22)7-24-16(14)26-10-27-17/h1-3,7,10H,4-5,8-9,23H2,(H,25,29)(H,24,26,27)/t19-/m0/s1. The van der Waals surface area contributed by atoms with Crippen LogP contribution in [-0.2, 0) is 0 Å². The van der Waals surface area contributed by atoms with Crippen molar-refractivity contribution >= 4 is 22.8 Å². The lowest BCUT2D eigenvalue weighted by Gasteiger charge is -2.25. The van der Waals surface area contributed by atoms with Crippen molar-refractivity contribution in [2.24, 2.45) is 5.73 Å². The lowest BCUT2D eigenvalue weighted by molar-refractivity contribution is 0.0940. The molecule has 1 amide bonds. The molecule has 2 aromatic heterocycles. The summed E-state index contributed by atoms with van der Waals surface area (Å²) in [5, 5.41) is 12.5. The number of aromatic nitrogens is 3. The molecule has 1 fully saturated rings. The van der Waals surface area contributed by atoms with Crippen LogP contribution >= 0.6 is 0 Å². The number of H-pyrrole nitrogens is 1. The van der Waals surface area contributed by atoms with Crippen LogP contribution in [0, 0.1) is 23.0 Å². The Morgan fingerprint density at radius 1 is 1.41 bits per heavy atom. The number of carbonyl (C=O) groups is 1. The molecule has 0 radical (unpaired) electrons. The van der Waals surface area contributed by atoms with Gasteiger partial charge in [0.1, 0.15) is 23.9 Å². The van der Waals surface area contributed by atoms with Gasteiger partial charge in [-0.2, -0.15) is 5.26 Å². The fourth-order valence-electron chi connectivity index (χ4n) is 3.53. The van der Waals surface area contributed by atoms with Crippen LogP contribution in [-0.4, -0.2) is 46.0 Å². The predicted octanol–water partition coefficient (Wildman–Crippen LogP) is 1.45. The number of nitrogens with two attached hydrogens (primary N) is 1. The van der Waals surface area contributed by atoms with Crippen LogP contribution < -0.4 is 16.0 Å². The van der Waals surface area contributed by atoms with E-state index in [1.54, 1.807) is 6.20 Å². The van der Waals surface area contributed by atoms with E-state index in [2.05, 4.69) is 26.3 Å². The van der Waals surface area contributed by atoms with E-state index in [1.165, 1.54) is 18.5 Å². The fraction of sp³-hybridized carbons (Fsp3) is 0.263. The van der Waals surface area contributed by atoms with Gasteiger partial charge < -0.3 is 20.9 Å². The monoisotopic (exact) mass is 397 g/mol. The second-order valence-electron chi connectivity index (χ2n) is 7.05. The molecule has 10 heteroatoms. The summed E-state index contributed by atoms with van der Waals surface area (Å²) >= 11 is 0. The van der Waals surface area contributed by atoms with E-state index in [0.29, 0.717) is 41.9 Å². The van der Waals surface area contributed by atoms with Crippen molar-refractivity contribution in [1.82, 2.24) is 20.3 Å². The summed E-state index contributed by atoms with van der Waals surface area (Å²) in [6.07, 6.45) is 3.51. The zero-order valence-corrected chi connectivity index (χ0v) is 15.2. The molecule has 3 aromatic rings. The van der Waals surface area contributed by atoms with Crippen LogP contribution in [0.3, 0.4) is 0 Å². The Balaban J connectivity index is 1.49. The first-order chi connectivity index (χ1) is 13.9. The maximum absolute atomic E-state index is 13.8. The zero-order chi connectivity index (χ0) is 20.6. The van der Waals surface area contributed by atoms with E-state index >= 15 is 0 Å². The van der Waals surface area contributed by atoms with Gasteiger partial charge in [0.2, 0.25) is 0 Å². The number of hydrogen-bond donors (Lipinski definition) is 3. The van der Waals surface area contributed by atoms with Crippen molar-refractivity contribution in [3.05, 3.63) is 53.5 Å². The third kappa shape index (κ3) is 3.36. The number of nitrogens with zero attached hydrogens (tertiary/aromatic N) is 4. The average Bonchev–Trinajstić information content (AvgIpc) is 3.32. The molecule has 148 valence electrons. The topological polar surface area (TPSA) is 124 Å². The number of aromatic amines is 1. The second kappa shape index (κ2) is 7.10. The predicted molar refractivity (Wildman–Crippen MR) is 101 cm³/mol. The number of nitrogens with one attached hydrogen (secondary N) is 2. The molecule has 0 bridgehead atoms. The Hall–Kier alpha value is -3.58. The summed E-state index contributed by atoms with van der Waals surface area (Å²) in [7, 11) is 0. The molecular formula is C19H17F2N7O. The Kier molecular flexibility index (Phi) is 4.60. The van der Waals surface area contributed by atoms with Crippen LogP contribution in [0.15, 0.2) is 30.7 Å². The van der Waals surface area contributed by atoms with Gasteiger partial charge in [-0.25, -0.2) is 18.7 Å². The van der Waals surface area contributed by atoms with Gasteiger partial charge in [0.15, 0.2) is 11.6 Å². The van der Waals surface area contributed by atoms with Gasteiger partial charge in [0.05, 0.1) is 22.1 Å². The average molecular weight is 397 g/mol. The molecule has 0 spiro atoms. The van der Waals surface area contributed by atoms with E-state index in [1.807, 2.05) is 4.90 Å². The Morgan fingerprint density at radius 2 is 2.24 bits per heavy atom. The highest BCUT2D eigenvalue weighted by atomic mass is 19.2. The highest BCUT2D eigenvalue weighted by Crippen LogP contribution is 2.30. The van der Waals surface area contributed by atoms with Crippen molar-refractivity contribution in [2.45, 2.75) is 12.0 Å². The minimum Gasteiger partial charge on any atom is -0.354 e. The summed E-state index contributed by atoms with van der Waals surface area (Å²) < 4.78 is 27.1. The second-order valence-corrected chi connectivity index (χ2v) is 7.05. The van der Waals surface area contributed by atoms with Gasteiger partial charge in [-0.3, -0.25) is 4.79 Å². The summed E-state index contributed by atoms with van der Waals surface area (Å²) in [4.78, 5) is 25.5. The number of amides is 1. The molecule has 1 aromatic carbocycles. The van der Waals surface area contributed by atoms with Gasteiger partial charge in [-0.1, -0.05) is 6.07 Å². The third-order valence-electron chi connectivity index (χ3n) is 5.05. The first-order valence-corrected chi connectivity index (χ1v) is 8.90. The highest BCUT2D eigenvalue weighted by molar-refractivity contribution is 5.94. The van der Waals surface area contributed by atoms with Crippen molar-refractivity contribution in [3.63, 3.8) is 0 Å². The number of fused-ring (bicyclic) bond motifs is 1. The van der Waals surface area contributed by atoms with Crippen molar-refractivity contribution in [3.8, 4) is 6.07 Å². The smallest absolute Gasteiger partial charge is 0.254 e. The van der Waals surface area contributed by atoms with Crippen LogP contribution in [0.4, 0.5) is 14.6 Å². The molecule has 1 atom stereocenters. The van der Waals surface area contributed by atoms with Gasteiger partial charge in [0, 0.05) is 25.8 Å². The number of carbonyl (C=O) groups excluding carboxylic acids is 1. The number of benzene rings is 1. The van der Waals surface area contributed by atoms with E-state index in [9.17, 15) is 18.8 Å². The van der Waals surface area contributed by atoms with E-state index in [4.69, 9.17) is 5.73 Å². The largest absolute Gasteiger partial charge is 0.354 e. The van der Waals surface area contributed by atoms with Crippen molar-refractivity contribution in [2.75, 3.05) is 24.5 Å². The molecule has 3 heterocycles. The molecular weight excluding hydrogens is 380 g/mol. The van der Waals surface area contributed by atoms with Gasteiger partial charge in [-0.05, 0) is 18.6 Å². The Morgan fingerprint density at radius 3 is 3.03 bits per heavy atom. The number of nitriles is 1. The maximum Gasteiger partial charge on any atom is 0.254 e. The lowest BCUT2D eigenvalue weighted by Crippen LogP contribution is -2.52. The molecule has 0 aliphatic carbocycles. The number of anilines is 1. The molecule has 1 saturated heterocycles. The van der Waals surface area contributed by atoms with E-state index < -0.39 is 23.1 Å². The van der Waals surface area contributed by atoms with Gasteiger partial charge in [-0.15, -0.1) is 0 Å². The Labute approximate surface area is 164 Å². The van der Waals surface area contributed by atoms with Crippen LogP contribution in [0.5, 0.6) is 0 Å². The summed E-state index contributed by atoms with van der Waals surface area (Å²) in [5.41, 5.74) is 6.25. The third-order valence-corrected chi connectivity index (χ3v) is 5.05. The molecule has 29 heavy (non-hydrogen) atoms. The minimum absolute atomic E-state index is 0.0742. The molecule has 1 aliphatic rings. The Bertz CT molecular complexity index is 1140. The molecule has 1 aliphatic heterocycles. The maximum atomic E-state index is 13.8. The first kappa shape index (κ1) is 18.8. The van der Waals surface area contributed by atoms with Crippen LogP contribution in [0.25, 0.3) is 11.0 Å². The molecule has 0 unspecified atom stereocenters. The van der Waals surface area contributed by atoms with E-state index in [0.717, 1.165) is 6.07 Å². The fourth-order valence-corrected chi connectivity index (χ4v) is 3.53. The summed E-state index contributed by atoms with van der Waals surface area (Å²) in [6.45, 7) is 0.995. The number of rotatable bonds is 4. The van der Waals surface area contributed by atoms with Crippen LogP contribution in [0.1, 0.15) is 22.3 Å². The molecule has 4 rings (SSSR count). The first-order valence-electron chi connectivity index (χ1n) is 8.90. The van der Waals surface area contributed by atoms with Crippen molar-refractivity contribution < 1.29 is 13.6 Å². The number of hydrogen-bond acceptors (Lipinski definition) is 6. The van der Waals surface area contributed by atoms with Gasteiger partial charge in [0.25, 0.3) is 5.91 Å². The van der Waals surface area contributed by atoms with Gasteiger partial charge >= 0.3 is 0 Å². The molecule has 4 N–H and O–H groups in total. The lowest BCUT2D eigenvalue weighted by atomic mass is 10.00. The highest BCUT2D eigenvalue weighted by Gasteiger charge is 2.36. The normalized spacial score (nSPS) is 18.8. The van der Waals surface area contributed by atoms with Crippen LogP contribution in [0.2, 0.25) is 0 Å². The zero-order valence-electron chi connectivity index (χ0n) is 15.2. The summed E-state index contributed by atoms with van der Waals surface area (Å²) in [6, 6.07) is 5.54.